The van der Waals surface area contributed by atoms with Gasteiger partial charge in [0.25, 0.3) is 0 Å². The summed E-state index contributed by atoms with van der Waals surface area (Å²) in [5, 5.41) is 2.95. The fourth-order valence-electron chi connectivity index (χ4n) is 4.09. The van der Waals surface area contributed by atoms with Crippen LogP contribution in [-0.4, -0.2) is 62.7 Å². The molecule has 0 radical (unpaired) electrons. The normalized spacial score (nSPS) is 12.3. The van der Waals surface area contributed by atoms with Gasteiger partial charge in [0, 0.05) is 38.1 Å². The number of anilines is 1. The Morgan fingerprint density at radius 2 is 1.51 bits per heavy atom. The number of rotatable bonds is 13. The number of hydrogen-bond donors (Lipinski definition) is 1. The summed E-state index contributed by atoms with van der Waals surface area (Å²) in [7, 11) is -1.44. The van der Waals surface area contributed by atoms with E-state index in [9.17, 15) is 22.4 Å². The van der Waals surface area contributed by atoms with Gasteiger partial charge in [0.15, 0.2) is 0 Å². The second-order valence-electron chi connectivity index (χ2n) is 10.3. The number of nitrogens with zero attached hydrogens (tertiary/aromatic N) is 3. The van der Waals surface area contributed by atoms with E-state index in [4.69, 9.17) is 0 Å². The molecule has 0 spiro atoms. The van der Waals surface area contributed by atoms with Crippen molar-refractivity contribution in [2.24, 2.45) is 5.92 Å². The van der Waals surface area contributed by atoms with E-state index in [-0.39, 0.29) is 30.5 Å². The third-order valence-corrected chi connectivity index (χ3v) is 8.70. The van der Waals surface area contributed by atoms with Gasteiger partial charge in [-0.3, -0.25) is 9.59 Å². The lowest BCUT2D eigenvalue weighted by molar-refractivity contribution is -0.140. The van der Waals surface area contributed by atoms with Gasteiger partial charge in [-0.25, -0.2) is 8.70 Å². The standard InChI is InChI=1S/C30H36BrFN4O4S/c1-22(2)19-33-30(38)28(18-23-8-6-5-7-9-23)35(20-24-10-12-25(31)13-11-24)29(37)21-36(41(39,40)34(3)4)27-16-14-26(32)15-17-27/h5-17,22,28H,18-21H2,1-4H3,(H,33,38)/t28-/m1/s1. The van der Waals surface area contributed by atoms with Gasteiger partial charge in [0.1, 0.15) is 18.4 Å². The topological polar surface area (TPSA) is 90.0 Å². The van der Waals surface area contributed by atoms with Crippen molar-refractivity contribution in [3.63, 3.8) is 0 Å². The van der Waals surface area contributed by atoms with Crippen LogP contribution in [0.4, 0.5) is 10.1 Å². The monoisotopic (exact) mass is 646 g/mol. The van der Waals surface area contributed by atoms with Crippen molar-refractivity contribution in [2.45, 2.75) is 32.9 Å². The van der Waals surface area contributed by atoms with Crippen molar-refractivity contribution in [3.8, 4) is 0 Å². The molecule has 0 aliphatic heterocycles. The van der Waals surface area contributed by atoms with Crippen LogP contribution in [0.1, 0.15) is 25.0 Å². The summed E-state index contributed by atoms with van der Waals surface area (Å²) in [6.45, 7) is 3.85. The van der Waals surface area contributed by atoms with Gasteiger partial charge in [-0.1, -0.05) is 72.2 Å². The molecule has 1 atom stereocenters. The SMILES string of the molecule is CC(C)CNC(=O)[C@@H](Cc1ccccc1)N(Cc1ccc(Br)cc1)C(=O)CN(c1ccc(F)cc1)S(=O)(=O)N(C)C. The maximum Gasteiger partial charge on any atom is 0.304 e. The first kappa shape index (κ1) is 32.2. The molecule has 8 nitrogen and oxygen atoms in total. The van der Waals surface area contributed by atoms with E-state index < -0.39 is 34.5 Å². The molecule has 3 aromatic carbocycles. The molecule has 0 saturated heterocycles. The van der Waals surface area contributed by atoms with Gasteiger partial charge in [0.2, 0.25) is 11.8 Å². The number of carbonyl (C=O) groups excluding carboxylic acids is 2. The molecule has 0 heterocycles. The number of amides is 2. The number of nitrogens with one attached hydrogen (secondary N) is 1. The molecule has 3 rings (SSSR count). The van der Waals surface area contributed by atoms with E-state index in [1.807, 2.05) is 68.4 Å². The molecule has 41 heavy (non-hydrogen) atoms. The molecule has 0 bridgehead atoms. The molecular formula is C30H36BrFN4O4S. The van der Waals surface area contributed by atoms with Crippen LogP contribution < -0.4 is 9.62 Å². The molecule has 220 valence electrons. The molecule has 11 heteroatoms. The number of hydrogen-bond acceptors (Lipinski definition) is 4. The second kappa shape index (κ2) is 14.6. The minimum absolute atomic E-state index is 0.0674. The highest BCUT2D eigenvalue weighted by Crippen LogP contribution is 2.22. The van der Waals surface area contributed by atoms with Crippen LogP contribution in [0.15, 0.2) is 83.3 Å². The zero-order valence-corrected chi connectivity index (χ0v) is 26.0. The lowest BCUT2D eigenvalue weighted by Gasteiger charge is -2.34. The van der Waals surface area contributed by atoms with Crippen molar-refractivity contribution in [1.29, 1.82) is 0 Å². The second-order valence-corrected chi connectivity index (χ2v) is 13.2. The van der Waals surface area contributed by atoms with Crippen molar-refractivity contribution in [2.75, 3.05) is 31.5 Å². The van der Waals surface area contributed by atoms with Crippen LogP contribution in [-0.2, 0) is 32.8 Å². The summed E-state index contributed by atoms with van der Waals surface area (Å²) >= 11 is 3.42. The van der Waals surface area contributed by atoms with Gasteiger partial charge in [-0.05, 0) is 53.4 Å². The van der Waals surface area contributed by atoms with Crippen LogP contribution in [0.25, 0.3) is 0 Å². The lowest BCUT2D eigenvalue weighted by Crippen LogP contribution is -2.54. The minimum Gasteiger partial charge on any atom is -0.354 e. The molecular weight excluding hydrogens is 611 g/mol. The summed E-state index contributed by atoms with van der Waals surface area (Å²) in [6, 6.07) is 20.7. The average molecular weight is 648 g/mol. The Bertz CT molecular complexity index is 1400. The first-order valence-corrected chi connectivity index (χ1v) is 15.4. The average Bonchev–Trinajstić information content (AvgIpc) is 2.94. The smallest absolute Gasteiger partial charge is 0.304 e. The van der Waals surface area contributed by atoms with E-state index in [0.717, 1.165) is 36.3 Å². The van der Waals surface area contributed by atoms with Crippen molar-refractivity contribution < 1.29 is 22.4 Å². The molecule has 0 aliphatic carbocycles. The van der Waals surface area contributed by atoms with Gasteiger partial charge in [-0.15, -0.1) is 0 Å². The van der Waals surface area contributed by atoms with Crippen LogP contribution >= 0.6 is 15.9 Å². The van der Waals surface area contributed by atoms with Crippen LogP contribution in [0.3, 0.4) is 0 Å². The predicted octanol–water partition coefficient (Wildman–Crippen LogP) is 4.61. The van der Waals surface area contributed by atoms with Gasteiger partial charge in [-0.2, -0.15) is 12.7 Å². The largest absolute Gasteiger partial charge is 0.354 e. The third kappa shape index (κ3) is 9.11. The highest BCUT2D eigenvalue weighted by molar-refractivity contribution is 9.10. The van der Waals surface area contributed by atoms with E-state index in [0.29, 0.717) is 6.54 Å². The molecule has 1 N–H and O–H groups in total. The summed E-state index contributed by atoms with van der Waals surface area (Å²) in [4.78, 5) is 29.2. The molecule has 0 fully saturated rings. The third-order valence-electron chi connectivity index (χ3n) is 6.36. The first-order valence-electron chi connectivity index (χ1n) is 13.2. The van der Waals surface area contributed by atoms with E-state index in [1.54, 1.807) is 0 Å². The van der Waals surface area contributed by atoms with Crippen molar-refractivity contribution in [3.05, 3.63) is 100 Å². The highest BCUT2D eigenvalue weighted by atomic mass is 79.9. The molecule has 3 aromatic rings. The lowest BCUT2D eigenvalue weighted by atomic mass is 10.0. The quantitative estimate of drug-likeness (QED) is 0.294. The van der Waals surface area contributed by atoms with Crippen LogP contribution in [0.2, 0.25) is 0 Å². The molecule has 2 amide bonds. The van der Waals surface area contributed by atoms with Gasteiger partial charge < -0.3 is 10.2 Å². The van der Waals surface area contributed by atoms with Crippen molar-refractivity contribution in [1.82, 2.24) is 14.5 Å². The Balaban J connectivity index is 2.07. The van der Waals surface area contributed by atoms with E-state index in [2.05, 4.69) is 21.2 Å². The summed E-state index contributed by atoms with van der Waals surface area (Å²) in [5.41, 5.74) is 1.74. The molecule has 0 unspecified atom stereocenters. The number of halogens is 2. The highest BCUT2D eigenvalue weighted by Gasteiger charge is 2.34. The number of carbonyl (C=O) groups is 2. The Morgan fingerprint density at radius 3 is 2.07 bits per heavy atom. The fourth-order valence-corrected chi connectivity index (χ4v) is 5.41. The van der Waals surface area contributed by atoms with Gasteiger partial charge in [0.05, 0.1) is 5.69 Å². The van der Waals surface area contributed by atoms with E-state index >= 15 is 0 Å². The zero-order valence-electron chi connectivity index (χ0n) is 23.6. The Kier molecular flexibility index (Phi) is 11.5. The summed E-state index contributed by atoms with van der Waals surface area (Å²) < 4.78 is 43.2. The maximum absolute atomic E-state index is 14.1. The first-order chi connectivity index (χ1) is 19.4. The Morgan fingerprint density at radius 1 is 0.902 bits per heavy atom. The van der Waals surface area contributed by atoms with Crippen LogP contribution in [0.5, 0.6) is 0 Å². The molecule has 0 aliphatic rings. The Labute approximate surface area is 250 Å². The van der Waals surface area contributed by atoms with E-state index in [1.165, 1.54) is 31.1 Å². The number of benzene rings is 3. The maximum atomic E-state index is 14.1. The minimum atomic E-state index is -4.15. The predicted molar refractivity (Wildman–Crippen MR) is 163 cm³/mol. The fraction of sp³-hybridized carbons (Fsp3) is 0.333. The zero-order chi connectivity index (χ0) is 30.2. The molecule has 0 aromatic heterocycles. The Hall–Kier alpha value is -3.28. The van der Waals surface area contributed by atoms with Gasteiger partial charge >= 0.3 is 10.2 Å². The van der Waals surface area contributed by atoms with Crippen molar-refractivity contribution >= 4 is 43.6 Å². The van der Waals surface area contributed by atoms with Crippen LogP contribution in [0, 0.1) is 11.7 Å². The summed E-state index contributed by atoms with van der Waals surface area (Å²) in [5.74, 6) is -1.27. The summed E-state index contributed by atoms with van der Waals surface area (Å²) in [6.07, 6.45) is 0.226. The molecule has 0 saturated carbocycles.